The molecule has 0 spiro atoms. The van der Waals surface area contributed by atoms with Gasteiger partial charge in [-0.15, -0.1) is 0 Å². The molecule has 2 fully saturated rings. The SMILES string of the molecule is Cc1ccccc1CN1CCC(C(=O)N2CCN(c3ccc(F)cc3)CC2)CC1. The van der Waals surface area contributed by atoms with E-state index >= 15 is 0 Å². The Morgan fingerprint density at radius 3 is 2.24 bits per heavy atom. The fourth-order valence-corrected chi connectivity index (χ4v) is 4.46. The average molecular weight is 396 g/mol. The summed E-state index contributed by atoms with van der Waals surface area (Å²) in [5, 5.41) is 0. The molecule has 4 nitrogen and oxygen atoms in total. The molecule has 0 aromatic heterocycles. The van der Waals surface area contributed by atoms with Crippen LogP contribution in [-0.2, 0) is 11.3 Å². The minimum absolute atomic E-state index is 0.153. The van der Waals surface area contributed by atoms with E-state index < -0.39 is 0 Å². The summed E-state index contributed by atoms with van der Waals surface area (Å²) in [6, 6.07) is 15.2. The van der Waals surface area contributed by atoms with Gasteiger partial charge in [0.05, 0.1) is 0 Å². The lowest BCUT2D eigenvalue weighted by Crippen LogP contribution is -2.51. The Labute approximate surface area is 172 Å². The lowest BCUT2D eigenvalue weighted by molar-refractivity contribution is -0.137. The number of hydrogen-bond donors (Lipinski definition) is 0. The van der Waals surface area contributed by atoms with E-state index in [1.807, 2.05) is 17.0 Å². The maximum Gasteiger partial charge on any atom is 0.225 e. The van der Waals surface area contributed by atoms with E-state index in [9.17, 15) is 9.18 Å². The van der Waals surface area contributed by atoms with Crippen LogP contribution in [0, 0.1) is 18.7 Å². The molecule has 2 aliphatic heterocycles. The second-order valence-electron chi connectivity index (χ2n) is 8.27. The molecule has 5 heteroatoms. The molecule has 0 unspecified atom stereocenters. The van der Waals surface area contributed by atoms with Crippen molar-refractivity contribution in [3.8, 4) is 0 Å². The number of rotatable bonds is 4. The molecule has 4 rings (SSSR count). The van der Waals surface area contributed by atoms with Gasteiger partial charge < -0.3 is 9.80 Å². The predicted molar refractivity (Wildman–Crippen MR) is 114 cm³/mol. The number of benzene rings is 2. The molecule has 0 N–H and O–H groups in total. The first-order valence-corrected chi connectivity index (χ1v) is 10.7. The van der Waals surface area contributed by atoms with Crippen molar-refractivity contribution >= 4 is 11.6 Å². The van der Waals surface area contributed by atoms with Crippen molar-refractivity contribution in [1.29, 1.82) is 0 Å². The molecule has 2 heterocycles. The third-order valence-electron chi connectivity index (χ3n) is 6.38. The topological polar surface area (TPSA) is 26.8 Å². The molecule has 0 aliphatic carbocycles. The van der Waals surface area contributed by atoms with Crippen LogP contribution in [0.4, 0.5) is 10.1 Å². The van der Waals surface area contributed by atoms with Crippen LogP contribution in [0.2, 0.25) is 0 Å². The van der Waals surface area contributed by atoms with Crippen LogP contribution in [0.15, 0.2) is 48.5 Å². The van der Waals surface area contributed by atoms with Crippen LogP contribution in [0.5, 0.6) is 0 Å². The van der Waals surface area contributed by atoms with Crippen molar-refractivity contribution in [2.45, 2.75) is 26.3 Å². The van der Waals surface area contributed by atoms with Gasteiger partial charge in [0.2, 0.25) is 5.91 Å². The van der Waals surface area contributed by atoms with E-state index in [1.165, 1.54) is 23.3 Å². The molecule has 0 bridgehead atoms. The molecule has 2 aromatic carbocycles. The monoisotopic (exact) mass is 395 g/mol. The van der Waals surface area contributed by atoms with Crippen LogP contribution in [0.3, 0.4) is 0 Å². The predicted octanol–water partition coefficient (Wildman–Crippen LogP) is 3.69. The van der Waals surface area contributed by atoms with Gasteiger partial charge in [0.1, 0.15) is 5.82 Å². The Balaban J connectivity index is 1.25. The Morgan fingerprint density at radius 2 is 1.59 bits per heavy atom. The van der Waals surface area contributed by atoms with E-state index in [0.29, 0.717) is 5.91 Å². The second kappa shape index (κ2) is 8.95. The molecule has 2 saturated heterocycles. The highest BCUT2D eigenvalue weighted by Crippen LogP contribution is 2.24. The van der Waals surface area contributed by atoms with Gasteiger partial charge in [-0.3, -0.25) is 9.69 Å². The smallest absolute Gasteiger partial charge is 0.225 e. The third-order valence-corrected chi connectivity index (χ3v) is 6.38. The van der Waals surface area contributed by atoms with Crippen molar-refractivity contribution in [2.75, 3.05) is 44.2 Å². The number of piperazine rings is 1. The van der Waals surface area contributed by atoms with E-state index in [2.05, 4.69) is 41.0 Å². The van der Waals surface area contributed by atoms with Crippen molar-refractivity contribution in [3.63, 3.8) is 0 Å². The van der Waals surface area contributed by atoms with Gasteiger partial charge in [0.25, 0.3) is 0 Å². The Kier molecular flexibility index (Phi) is 6.14. The third kappa shape index (κ3) is 4.78. The lowest BCUT2D eigenvalue weighted by Gasteiger charge is -2.39. The molecule has 2 aromatic rings. The first kappa shape index (κ1) is 19.9. The highest BCUT2D eigenvalue weighted by Gasteiger charge is 2.30. The molecule has 0 atom stereocenters. The zero-order valence-electron chi connectivity index (χ0n) is 17.2. The zero-order chi connectivity index (χ0) is 20.2. The van der Waals surface area contributed by atoms with Crippen molar-refractivity contribution in [1.82, 2.24) is 9.80 Å². The summed E-state index contributed by atoms with van der Waals surface area (Å²) >= 11 is 0. The highest BCUT2D eigenvalue weighted by molar-refractivity contribution is 5.79. The summed E-state index contributed by atoms with van der Waals surface area (Å²) in [4.78, 5) is 19.7. The number of likely N-dealkylation sites (tertiary alicyclic amines) is 1. The second-order valence-corrected chi connectivity index (χ2v) is 8.27. The van der Waals surface area contributed by atoms with Gasteiger partial charge >= 0.3 is 0 Å². The van der Waals surface area contributed by atoms with Crippen LogP contribution in [0.1, 0.15) is 24.0 Å². The maximum atomic E-state index is 13.1. The molecule has 0 saturated carbocycles. The first-order valence-electron chi connectivity index (χ1n) is 10.7. The van der Waals surface area contributed by atoms with Gasteiger partial charge in [-0.2, -0.15) is 0 Å². The lowest BCUT2D eigenvalue weighted by atomic mass is 9.94. The quantitative estimate of drug-likeness (QED) is 0.790. The summed E-state index contributed by atoms with van der Waals surface area (Å²) in [5.41, 5.74) is 3.75. The molecule has 154 valence electrons. The standard InChI is InChI=1S/C24H30FN3O/c1-19-4-2-3-5-21(19)18-26-12-10-20(11-13-26)24(29)28-16-14-27(15-17-28)23-8-6-22(25)7-9-23/h2-9,20H,10-18H2,1H3. The number of carbonyl (C=O) groups excluding carboxylic acids is 1. The number of hydrogen-bond acceptors (Lipinski definition) is 3. The summed E-state index contributed by atoms with van der Waals surface area (Å²) in [6.07, 6.45) is 1.89. The van der Waals surface area contributed by atoms with Crippen LogP contribution >= 0.6 is 0 Å². The van der Waals surface area contributed by atoms with Gasteiger partial charge in [0.15, 0.2) is 0 Å². The molecular formula is C24H30FN3O. The van der Waals surface area contributed by atoms with E-state index in [1.54, 1.807) is 0 Å². The Bertz CT molecular complexity index is 822. The highest BCUT2D eigenvalue weighted by atomic mass is 19.1. The van der Waals surface area contributed by atoms with E-state index in [4.69, 9.17) is 0 Å². The van der Waals surface area contributed by atoms with E-state index in [-0.39, 0.29) is 11.7 Å². The van der Waals surface area contributed by atoms with Crippen LogP contribution in [-0.4, -0.2) is 55.0 Å². The van der Waals surface area contributed by atoms with Crippen molar-refractivity contribution in [3.05, 3.63) is 65.5 Å². The zero-order valence-corrected chi connectivity index (χ0v) is 17.2. The number of carbonyl (C=O) groups is 1. The van der Waals surface area contributed by atoms with Crippen molar-refractivity contribution < 1.29 is 9.18 Å². The first-order chi connectivity index (χ1) is 14.1. The average Bonchev–Trinajstić information content (AvgIpc) is 2.76. The normalized spacial score (nSPS) is 18.8. The Hall–Kier alpha value is -2.40. The number of piperidine rings is 1. The number of nitrogens with zero attached hydrogens (tertiary/aromatic N) is 3. The van der Waals surface area contributed by atoms with Crippen LogP contribution in [0.25, 0.3) is 0 Å². The van der Waals surface area contributed by atoms with Gasteiger partial charge in [-0.05, 0) is 68.2 Å². The fourth-order valence-electron chi connectivity index (χ4n) is 4.46. The minimum atomic E-state index is -0.212. The molecule has 1 amide bonds. The van der Waals surface area contributed by atoms with Crippen molar-refractivity contribution in [2.24, 2.45) is 5.92 Å². The Morgan fingerprint density at radius 1 is 0.931 bits per heavy atom. The summed E-state index contributed by atoms with van der Waals surface area (Å²) in [5.74, 6) is 0.260. The molecule has 29 heavy (non-hydrogen) atoms. The minimum Gasteiger partial charge on any atom is -0.368 e. The van der Waals surface area contributed by atoms with Crippen LogP contribution < -0.4 is 4.90 Å². The number of amides is 1. The molecular weight excluding hydrogens is 365 g/mol. The number of anilines is 1. The summed E-state index contributed by atoms with van der Waals surface area (Å²) in [7, 11) is 0. The van der Waals surface area contributed by atoms with Gasteiger partial charge in [-0.1, -0.05) is 24.3 Å². The summed E-state index contributed by atoms with van der Waals surface area (Å²) in [6.45, 7) is 8.23. The van der Waals surface area contributed by atoms with E-state index in [0.717, 1.165) is 64.3 Å². The fraction of sp³-hybridized carbons (Fsp3) is 0.458. The number of halogens is 1. The number of aryl methyl sites for hydroxylation is 1. The molecule has 0 radical (unpaired) electrons. The largest absolute Gasteiger partial charge is 0.368 e. The van der Waals surface area contributed by atoms with Gasteiger partial charge in [-0.25, -0.2) is 4.39 Å². The molecule has 2 aliphatic rings. The summed E-state index contributed by atoms with van der Waals surface area (Å²) < 4.78 is 13.1. The maximum absolute atomic E-state index is 13.1. The van der Waals surface area contributed by atoms with Gasteiger partial charge in [0, 0.05) is 44.3 Å².